The zero-order chi connectivity index (χ0) is 9.42. The molecule has 0 bridgehead atoms. The second-order valence-electron chi connectivity index (χ2n) is 2.59. The number of rotatable bonds is 0. The molecule has 1 aromatic heterocycles. The summed E-state index contributed by atoms with van der Waals surface area (Å²) in [5.74, 6) is 0. The van der Waals surface area contributed by atoms with E-state index in [0.29, 0.717) is 15.6 Å². The molecule has 0 aliphatic heterocycles. The van der Waals surface area contributed by atoms with Crippen LogP contribution in [0.2, 0.25) is 0 Å². The molecule has 0 atom stereocenters. The molecule has 13 heavy (non-hydrogen) atoms. The average Bonchev–Trinajstić information content (AvgIpc) is 2.15. The van der Waals surface area contributed by atoms with E-state index in [1.807, 2.05) is 0 Å². The third-order valence-electron chi connectivity index (χ3n) is 1.78. The minimum Gasteiger partial charge on any atom is -0.423 e. The molecule has 0 radical (unpaired) electrons. The highest BCUT2D eigenvalue weighted by atomic mass is 32.1. The van der Waals surface area contributed by atoms with Crippen molar-refractivity contribution >= 4 is 23.1 Å². The fourth-order valence-corrected chi connectivity index (χ4v) is 1.35. The van der Waals surface area contributed by atoms with Crippen molar-refractivity contribution in [1.82, 2.24) is 9.71 Å². The van der Waals surface area contributed by atoms with Crippen LogP contribution in [-0.2, 0) is 0 Å². The van der Waals surface area contributed by atoms with E-state index in [4.69, 9.17) is 12.2 Å². The van der Waals surface area contributed by atoms with Gasteiger partial charge in [-0.1, -0.05) is 12.1 Å². The van der Waals surface area contributed by atoms with Crippen molar-refractivity contribution in [3.63, 3.8) is 0 Å². The van der Waals surface area contributed by atoms with Gasteiger partial charge in [0.15, 0.2) is 0 Å². The minimum atomic E-state index is -0.501. The molecule has 2 rings (SSSR count). The number of hydrogen-bond donors (Lipinski definition) is 2. The summed E-state index contributed by atoms with van der Waals surface area (Å²) in [5.41, 5.74) is 0.127. The maximum Gasteiger partial charge on any atom is 0.295 e. The van der Waals surface area contributed by atoms with Crippen molar-refractivity contribution in [3.05, 3.63) is 39.4 Å². The molecule has 0 amide bonds. The number of para-hydroxylation sites is 1. The second kappa shape index (κ2) is 2.70. The Morgan fingerprint density at radius 3 is 2.85 bits per heavy atom. The Bertz CT molecular complexity index is 570. The van der Waals surface area contributed by atoms with E-state index in [2.05, 4.69) is 4.98 Å². The van der Waals surface area contributed by atoms with E-state index >= 15 is 0 Å². The van der Waals surface area contributed by atoms with E-state index in [1.165, 1.54) is 0 Å². The Morgan fingerprint density at radius 1 is 1.38 bits per heavy atom. The number of hydrogen-bond acceptors (Lipinski definition) is 3. The van der Waals surface area contributed by atoms with Gasteiger partial charge in [-0.2, -0.15) is 0 Å². The number of aromatic nitrogens is 2. The smallest absolute Gasteiger partial charge is 0.295 e. The van der Waals surface area contributed by atoms with Crippen LogP contribution in [0.3, 0.4) is 0 Å². The van der Waals surface area contributed by atoms with Crippen molar-refractivity contribution in [3.8, 4) is 0 Å². The molecule has 1 heterocycles. The molecular weight excluding hydrogens is 188 g/mol. The summed E-state index contributed by atoms with van der Waals surface area (Å²) in [6, 6.07) is 6.86. The molecule has 2 aromatic rings. The molecule has 0 saturated carbocycles. The molecule has 0 spiro atoms. The first-order valence-electron chi connectivity index (χ1n) is 3.63. The molecule has 2 N–H and O–H groups in total. The molecule has 1 aromatic carbocycles. The molecule has 5 heteroatoms. The molecule has 4 nitrogen and oxygen atoms in total. The number of nitrogens with one attached hydrogen (secondary N) is 1. The van der Waals surface area contributed by atoms with Crippen LogP contribution in [-0.4, -0.2) is 14.9 Å². The van der Waals surface area contributed by atoms with Gasteiger partial charge in [-0.15, -0.1) is 4.73 Å². The number of fused-ring (bicyclic) bond motifs is 1. The summed E-state index contributed by atoms with van der Waals surface area (Å²) < 4.78 is 0.432. The van der Waals surface area contributed by atoms with Crippen LogP contribution < -0.4 is 5.56 Å². The number of H-pyrrole nitrogens is 1. The van der Waals surface area contributed by atoms with Gasteiger partial charge in [0, 0.05) is 0 Å². The Labute approximate surface area is 78.0 Å². The third kappa shape index (κ3) is 1.13. The largest absolute Gasteiger partial charge is 0.423 e. The summed E-state index contributed by atoms with van der Waals surface area (Å²) in [7, 11) is 0. The van der Waals surface area contributed by atoms with Crippen LogP contribution in [0.4, 0.5) is 0 Å². The van der Waals surface area contributed by atoms with Crippen molar-refractivity contribution in [1.29, 1.82) is 0 Å². The van der Waals surface area contributed by atoms with Gasteiger partial charge in [0.2, 0.25) is 4.77 Å². The highest BCUT2D eigenvalue weighted by Gasteiger charge is 2.01. The van der Waals surface area contributed by atoms with E-state index in [0.717, 1.165) is 0 Å². The first-order valence-corrected chi connectivity index (χ1v) is 4.04. The lowest BCUT2D eigenvalue weighted by Crippen LogP contribution is -2.19. The maximum absolute atomic E-state index is 11.4. The fraction of sp³-hybridized carbons (Fsp3) is 0. The van der Waals surface area contributed by atoms with Crippen LogP contribution in [0.5, 0.6) is 0 Å². The lowest BCUT2D eigenvalue weighted by Gasteiger charge is -1.99. The summed E-state index contributed by atoms with van der Waals surface area (Å²) in [5, 5.41) is 9.59. The van der Waals surface area contributed by atoms with Crippen molar-refractivity contribution in [2.24, 2.45) is 0 Å². The van der Waals surface area contributed by atoms with Crippen LogP contribution in [0.1, 0.15) is 0 Å². The predicted molar refractivity (Wildman–Crippen MR) is 50.6 cm³/mol. The highest BCUT2D eigenvalue weighted by Crippen LogP contribution is 2.04. The van der Waals surface area contributed by atoms with Gasteiger partial charge < -0.3 is 10.2 Å². The van der Waals surface area contributed by atoms with E-state index in [-0.39, 0.29) is 4.77 Å². The van der Waals surface area contributed by atoms with Crippen LogP contribution in [0, 0.1) is 4.77 Å². The van der Waals surface area contributed by atoms with Crippen molar-refractivity contribution < 1.29 is 5.21 Å². The molecule has 0 unspecified atom stereocenters. The fourth-order valence-electron chi connectivity index (χ4n) is 1.15. The summed E-state index contributed by atoms with van der Waals surface area (Å²) in [6.45, 7) is 0. The standard InChI is InChI=1S/C8H6N2O2S/c11-7-5-3-1-2-4-6(5)9-8(13)10(7)12/h1-4,12H,(H,9,13). The van der Waals surface area contributed by atoms with Gasteiger partial charge in [-0.3, -0.25) is 4.79 Å². The van der Waals surface area contributed by atoms with E-state index < -0.39 is 5.56 Å². The van der Waals surface area contributed by atoms with Gasteiger partial charge in [-0.25, -0.2) is 0 Å². The van der Waals surface area contributed by atoms with Crippen molar-refractivity contribution in [2.75, 3.05) is 0 Å². The van der Waals surface area contributed by atoms with Crippen LogP contribution in [0.25, 0.3) is 10.9 Å². The Balaban J connectivity index is 3.12. The summed E-state index contributed by atoms with van der Waals surface area (Å²) in [6.07, 6.45) is 0. The zero-order valence-electron chi connectivity index (χ0n) is 6.52. The summed E-state index contributed by atoms with van der Waals surface area (Å²) >= 11 is 4.73. The molecule has 0 aliphatic carbocycles. The molecular formula is C8H6N2O2S. The summed E-state index contributed by atoms with van der Waals surface area (Å²) in [4.78, 5) is 14.1. The second-order valence-corrected chi connectivity index (χ2v) is 2.98. The van der Waals surface area contributed by atoms with Gasteiger partial charge in [0.25, 0.3) is 5.56 Å². The molecule has 0 fully saturated rings. The molecule has 0 saturated heterocycles. The predicted octanol–water partition coefficient (Wildman–Crippen LogP) is 1.30. The lowest BCUT2D eigenvalue weighted by atomic mass is 10.2. The first kappa shape index (κ1) is 8.00. The van der Waals surface area contributed by atoms with Gasteiger partial charge in [-0.05, 0) is 24.4 Å². The normalized spacial score (nSPS) is 10.5. The monoisotopic (exact) mass is 194 g/mol. The van der Waals surface area contributed by atoms with E-state index in [9.17, 15) is 10.0 Å². The third-order valence-corrected chi connectivity index (χ3v) is 2.06. The van der Waals surface area contributed by atoms with Gasteiger partial charge >= 0.3 is 0 Å². The zero-order valence-corrected chi connectivity index (χ0v) is 7.34. The van der Waals surface area contributed by atoms with E-state index in [1.54, 1.807) is 24.3 Å². The Morgan fingerprint density at radius 2 is 2.08 bits per heavy atom. The SMILES string of the molecule is O=c1c2ccccc2[nH]c(=S)n1O. The lowest BCUT2D eigenvalue weighted by molar-refractivity contribution is 0.168. The van der Waals surface area contributed by atoms with Crippen molar-refractivity contribution in [2.45, 2.75) is 0 Å². The van der Waals surface area contributed by atoms with Gasteiger partial charge in [0.1, 0.15) is 0 Å². The first-order chi connectivity index (χ1) is 6.20. The molecule has 0 aliphatic rings. The minimum absolute atomic E-state index is 0.00343. The topological polar surface area (TPSA) is 58.0 Å². The number of aromatic amines is 1. The van der Waals surface area contributed by atoms with Crippen LogP contribution >= 0.6 is 12.2 Å². The Hall–Kier alpha value is -1.62. The quantitative estimate of drug-likeness (QED) is 0.491. The average molecular weight is 194 g/mol. The maximum atomic E-state index is 11.4. The Kier molecular flexibility index (Phi) is 1.66. The molecule has 66 valence electrons. The number of nitrogens with zero attached hydrogens (tertiary/aromatic N) is 1. The number of benzene rings is 1. The van der Waals surface area contributed by atoms with Gasteiger partial charge in [0.05, 0.1) is 10.9 Å². The van der Waals surface area contributed by atoms with Crippen LogP contribution in [0.15, 0.2) is 29.1 Å². The highest BCUT2D eigenvalue weighted by molar-refractivity contribution is 7.71.